The maximum atomic E-state index is 5.95. The molecular formula is C19H30O2. The first-order valence-electron chi connectivity index (χ1n) is 7.92. The molecule has 118 valence electrons. The van der Waals surface area contributed by atoms with Gasteiger partial charge in [-0.3, -0.25) is 0 Å². The van der Waals surface area contributed by atoms with Crippen molar-refractivity contribution in [2.75, 3.05) is 7.11 Å². The summed E-state index contributed by atoms with van der Waals surface area (Å²) in [5.41, 5.74) is 1.18. The third-order valence-corrected chi connectivity index (χ3v) is 3.78. The van der Waals surface area contributed by atoms with Crippen molar-refractivity contribution in [2.24, 2.45) is 11.8 Å². The molecule has 2 atom stereocenters. The second-order valence-electron chi connectivity index (χ2n) is 6.17. The van der Waals surface area contributed by atoms with Crippen LogP contribution in [0, 0.1) is 11.8 Å². The SMILES string of the molecule is C=C[C@H](CCC(C)C)CC(C)OCc1ccc(OC)cc1. The van der Waals surface area contributed by atoms with E-state index in [0.717, 1.165) is 18.1 Å². The van der Waals surface area contributed by atoms with E-state index in [2.05, 4.69) is 45.6 Å². The average Bonchev–Trinajstić information content (AvgIpc) is 2.49. The summed E-state index contributed by atoms with van der Waals surface area (Å²) in [6.07, 6.45) is 5.84. The maximum absolute atomic E-state index is 5.95. The highest BCUT2D eigenvalue weighted by molar-refractivity contribution is 5.26. The zero-order valence-corrected chi connectivity index (χ0v) is 14.0. The first-order chi connectivity index (χ1) is 10.0. The van der Waals surface area contributed by atoms with Gasteiger partial charge >= 0.3 is 0 Å². The first-order valence-corrected chi connectivity index (χ1v) is 7.92. The van der Waals surface area contributed by atoms with Gasteiger partial charge in [0.25, 0.3) is 0 Å². The van der Waals surface area contributed by atoms with E-state index < -0.39 is 0 Å². The standard InChI is InChI=1S/C19H30O2/c1-6-17(8-7-15(2)3)13-16(4)21-14-18-9-11-19(20-5)12-10-18/h6,9-12,15-17H,1,7-8,13-14H2,2-5H3/t16?,17-/m1/s1. The van der Waals surface area contributed by atoms with Gasteiger partial charge in [-0.05, 0) is 49.3 Å². The topological polar surface area (TPSA) is 18.5 Å². The van der Waals surface area contributed by atoms with Crippen LogP contribution >= 0.6 is 0 Å². The van der Waals surface area contributed by atoms with Gasteiger partial charge in [-0.25, -0.2) is 0 Å². The molecule has 1 aromatic carbocycles. The summed E-state index contributed by atoms with van der Waals surface area (Å²) in [5.74, 6) is 2.19. The van der Waals surface area contributed by atoms with E-state index in [4.69, 9.17) is 9.47 Å². The number of hydrogen-bond donors (Lipinski definition) is 0. The maximum Gasteiger partial charge on any atom is 0.118 e. The Morgan fingerprint density at radius 3 is 2.29 bits per heavy atom. The lowest BCUT2D eigenvalue weighted by Crippen LogP contribution is -2.13. The predicted octanol–water partition coefficient (Wildman–Crippen LogP) is 5.23. The van der Waals surface area contributed by atoms with E-state index >= 15 is 0 Å². The summed E-state index contributed by atoms with van der Waals surface area (Å²) in [7, 11) is 1.68. The molecule has 0 bridgehead atoms. The smallest absolute Gasteiger partial charge is 0.118 e. The molecular weight excluding hydrogens is 260 g/mol. The number of methoxy groups -OCH3 is 1. The molecule has 0 aromatic heterocycles. The van der Waals surface area contributed by atoms with Crippen LogP contribution in [0.1, 0.15) is 45.6 Å². The van der Waals surface area contributed by atoms with Crippen LogP contribution in [-0.2, 0) is 11.3 Å². The van der Waals surface area contributed by atoms with Crippen LogP contribution < -0.4 is 4.74 Å². The van der Waals surface area contributed by atoms with Gasteiger partial charge in [0.05, 0.1) is 19.8 Å². The van der Waals surface area contributed by atoms with Crippen molar-refractivity contribution in [3.05, 3.63) is 42.5 Å². The minimum Gasteiger partial charge on any atom is -0.497 e. The number of benzene rings is 1. The van der Waals surface area contributed by atoms with Crippen molar-refractivity contribution in [3.63, 3.8) is 0 Å². The molecule has 0 radical (unpaired) electrons. The molecule has 0 amide bonds. The fourth-order valence-corrected chi connectivity index (χ4v) is 2.33. The lowest BCUT2D eigenvalue weighted by Gasteiger charge is -2.19. The molecule has 0 fully saturated rings. The van der Waals surface area contributed by atoms with Crippen LogP contribution in [0.2, 0.25) is 0 Å². The summed E-state index contributed by atoms with van der Waals surface area (Å²) in [4.78, 5) is 0. The molecule has 2 nitrogen and oxygen atoms in total. The van der Waals surface area contributed by atoms with Crippen LogP contribution in [0.5, 0.6) is 5.75 Å². The van der Waals surface area contributed by atoms with E-state index in [0.29, 0.717) is 12.5 Å². The van der Waals surface area contributed by atoms with Gasteiger partial charge in [0.15, 0.2) is 0 Å². The molecule has 0 spiro atoms. The fourth-order valence-electron chi connectivity index (χ4n) is 2.33. The predicted molar refractivity (Wildman–Crippen MR) is 89.6 cm³/mol. The molecule has 0 saturated heterocycles. The molecule has 2 heteroatoms. The molecule has 0 aliphatic rings. The van der Waals surface area contributed by atoms with Gasteiger partial charge < -0.3 is 9.47 Å². The molecule has 0 heterocycles. The van der Waals surface area contributed by atoms with E-state index in [1.807, 2.05) is 12.1 Å². The van der Waals surface area contributed by atoms with Gasteiger partial charge in [0.1, 0.15) is 5.75 Å². The Kier molecular flexibility index (Phi) is 8.14. The lowest BCUT2D eigenvalue weighted by atomic mass is 9.93. The minimum atomic E-state index is 0.252. The molecule has 0 saturated carbocycles. The second-order valence-corrected chi connectivity index (χ2v) is 6.17. The Morgan fingerprint density at radius 2 is 1.76 bits per heavy atom. The first kappa shape index (κ1) is 17.8. The van der Waals surface area contributed by atoms with Crippen molar-refractivity contribution in [1.82, 2.24) is 0 Å². The van der Waals surface area contributed by atoms with Crippen LogP contribution in [0.4, 0.5) is 0 Å². The molecule has 1 aromatic rings. The van der Waals surface area contributed by atoms with E-state index in [1.165, 1.54) is 18.4 Å². The van der Waals surface area contributed by atoms with Crippen LogP contribution in [-0.4, -0.2) is 13.2 Å². The number of ether oxygens (including phenoxy) is 2. The summed E-state index contributed by atoms with van der Waals surface area (Å²) in [6, 6.07) is 8.04. The Hall–Kier alpha value is -1.28. The van der Waals surface area contributed by atoms with E-state index in [9.17, 15) is 0 Å². The molecule has 1 unspecified atom stereocenters. The van der Waals surface area contributed by atoms with Gasteiger partial charge in [-0.1, -0.05) is 38.5 Å². The van der Waals surface area contributed by atoms with Gasteiger partial charge in [0.2, 0.25) is 0 Å². The highest BCUT2D eigenvalue weighted by Crippen LogP contribution is 2.20. The zero-order valence-electron chi connectivity index (χ0n) is 14.0. The highest BCUT2D eigenvalue weighted by Gasteiger charge is 2.11. The number of allylic oxidation sites excluding steroid dienone is 1. The van der Waals surface area contributed by atoms with Gasteiger partial charge in [-0.2, -0.15) is 0 Å². The Morgan fingerprint density at radius 1 is 1.10 bits per heavy atom. The summed E-state index contributed by atoms with van der Waals surface area (Å²) >= 11 is 0. The normalized spacial score (nSPS) is 14.0. The average molecular weight is 290 g/mol. The zero-order chi connectivity index (χ0) is 15.7. The summed E-state index contributed by atoms with van der Waals surface area (Å²) < 4.78 is 11.1. The van der Waals surface area contributed by atoms with Crippen LogP contribution in [0.3, 0.4) is 0 Å². The van der Waals surface area contributed by atoms with E-state index in [-0.39, 0.29) is 6.10 Å². The largest absolute Gasteiger partial charge is 0.497 e. The Labute approximate surface area is 130 Å². The molecule has 0 aliphatic heterocycles. The monoisotopic (exact) mass is 290 g/mol. The van der Waals surface area contributed by atoms with Crippen LogP contribution in [0.15, 0.2) is 36.9 Å². The third kappa shape index (κ3) is 7.33. The number of rotatable bonds is 10. The highest BCUT2D eigenvalue weighted by atomic mass is 16.5. The summed E-state index contributed by atoms with van der Waals surface area (Å²) in [5, 5.41) is 0. The third-order valence-electron chi connectivity index (χ3n) is 3.78. The molecule has 0 N–H and O–H groups in total. The van der Waals surface area contributed by atoms with Gasteiger partial charge in [0, 0.05) is 0 Å². The molecule has 1 rings (SSSR count). The van der Waals surface area contributed by atoms with Crippen molar-refractivity contribution in [1.29, 1.82) is 0 Å². The Bertz CT molecular complexity index is 395. The quantitative estimate of drug-likeness (QED) is 0.549. The molecule has 21 heavy (non-hydrogen) atoms. The van der Waals surface area contributed by atoms with E-state index in [1.54, 1.807) is 7.11 Å². The van der Waals surface area contributed by atoms with Crippen molar-refractivity contribution in [2.45, 2.75) is 52.7 Å². The van der Waals surface area contributed by atoms with Crippen molar-refractivity contribution < 1.29 is 9.47 Å². The van der Waals surface area contributed by atoms with Crippen molar-refractivity contribution in [3.8, 4) is 5.75 Å². The van der Waals surface area contributed by atoms with Gasteiger partial charge in [-0.15, -0.1) is 6.58 Å². The fraction of sp³-hybridized carbons (Fsp3) is 0.579. The second kappa shape index (κ2) is 9.62. The minimum absolute atomic E-state index is 0.252. The Balaban J connectivity index is 2.34. The van der Waals surface area contributed by atoms with Crippen LogP contribution in [0.25, 0.3) is 0 Å². The molecule has 0 aliphatic carbocycles. The number of hydrogen-bond acceptors (Lipinski definition) is 2. The van der Waals surface area contributed by atoms with Crippen molar-refractivity contribution >= 4 is 0 Å². The lowest BCUT2D eigenvalue weighted by molar-refractivity contribution is 0.0394. The summed E-state index contributed by atoms with van der Waals surface area (Å²) in [6.45, 7) is 11.3.